The number of hydrogen-bond acceptors (Lipinski definition) is 7. The molecule has 0 aliphatic rings. The zero-order valence-corrected chi connectivity index (χ0v) is 19.1. The first-order chi connectivity index (χ1) is 16.9. The molecule has 35 heavy (non-hydrogen) atoms. The van der Waals surface area contributed by atoms with E-state index in [2.05, 4.69) is 20.4 Å². The third kappa shape index (κ3) is 4.58. The minimum Gasteiger partial charge on any atom is -0.350 e. The Morgan fingerprint density at radius 3 is 2.49 bits per heavy atom. The summed E-state index contributed by atoms with van der Waals surface area (Å²) in [5.41, 5.74) is 1.56. The second-order valence-electron chi connectivity index (χ2n) is 7.75. The van der Waals surface area contributed by atoms with Gasteiger partial charge in [-0.25, -0.2) is 13.8 Å². The highest BCUT2D eigenvalue weighted by molar-refractivity contribution is 7.22. The van der Waals surface area contributed by atoms with Gasteiger partial charge in [-0.3, -0.25) is 14.2 Å². The molecule has 1 amide bonds. The molecule has 8 nitrogen and oxygen atoms in total. The van der Waals surface area contributed by atoms with Crippen LogP contribution in [-0.2, 0) is 17.9 Å². The van der Waals surface area contributed by atoms with Gasteiger partial charge >= 0.3 is 0 Å². The molecular formula is C24H17F2N5O3S. The van der Waals surface area contributed by atoms with E-state index in [4.69, 9.17) is 4.52 Å². The Hall–Kier alpha value is -4.25. The highest BCUT2D eigenvalue weighted by Gasteiger charge is 2.21. The van der Waals surface area contributed by atoms with Crippen LogP contribution in [0.5, 0.6) is 0 Å². The monoisotopic (exact) mass is 493 g/mol. The maximum Gasteiger partial charge on any atom is 0.268 e. The summed E-state index contributed by atoms with van der Waals surface area (Å²) in [6.07, 6.45) is 1.32. The number of aryl methyl sites for hydroxylation is 1. The van der Waals surface area contributed by atoms with Gasteiger partial charge < -0.3 is 9.84 Å². The molecule has 3 heterocycles. The normalized spacial score (nSPS) is 11.2. The van der Waals surface area contributed by atoms with E-state index in [-0.39, 0.29) is 42.1 Å². The smallest absolute Gasteiger partial charge is 0.268 e. The Labute approximate surface area is 200 Å². The number of rotatable bonds is 6. The summed E-state index contributed by atoms with van der Waals surface area (Å²) in [6, 6.07) is 11.5. The van der Waals surface area contributed by atoms with Crippen LogP contribution in [0.1, 0.15) is 11.1 Å². The Morgan fingerprint density at radius 2 is 1.77 bits per heavy atom. The largest absolute Gasteiger partial charge is 0.350 e. The van der Waals surface area contributed by atoms with Crippen molar-refractivity contribution in [2.24, 2.45) is 0 Å². The molecule has 5 rings (SSSR count). The zero-order chi connectivity index (χ0) is 24.5. The number of carbonyl (C=O) groups is 1. The molecule has 0 saturated carbocycles. The van der Waals surface area contributed by atoms with Gasteiger partial charge in [0.2, 0.25) is 11.7 Å². The Balaban J connectivity index is 1.37. The van der Waals surface area contributed by atoms with Gasteiger partial charge in [0, 0.05) is 12.1 Å². The third-order valence-corrected chi connectivity index (χ3v) is 6.54. The van der Waals surface area contributed by atoms with Crippen molar-refractivity contribution in [3.63, 3.8) is 0 Å². The summed E-state index contributed by atoms with van der Waals surface area (Å²) in [6.45, 7) is 1.74. The number of carbonyl (C=O) groups excluding carboxylic acids is 1. The molecule has 3 aromatic heterocycles. The fraction of sp³-hybridized carbons (Fsp3) is 0.125. The summed E-state index contributed by atoms with van der Waals surface area (Å²) >= 11 is 1.23. The van der Waals surface area contributed by atoms with Crippen LogP contribution in [0.15, 0.2) is 64.2 Å². The third-order valence-electron chi connectivity index (χ3n) is 5.36. The van der Waals surface area contributed by atoms with E-state index in [1.807, 2.05) is 0 Å². The van der Waals surface area contributed by atoms with E-state index in [1.54, 1.807) is 31.2 Å². The number of hydrogen-bond donors (Lipinski definition) is 1. The molecule has 0 fully saturated rings. The molecule has 176 valence electrons. The quantitative estimate of drug-likeness (QED) is 0.382. The van der Waals surface area contributed by atoms with E-state index in [1.165, 1.54) is 46.5 Å². The van der Waals surface area contributed by atoms with Crippen molar-refractivity contribution in [2.75, 3.05) is 0 Å². The van der Waals surface area contributed by atoms with Gasteiger partial charge in [-0.2, -0.15) is 4.98 Å². The number of amides is 1. The first-order valence-corrected chi connectivity index (χ1v) is 11.3. The predicted octanol–water partition coefficient (Wildman–Crippen LogP) is 4.08. The standard InChI is InChI=1S/C24H17F2N5O3S/c1-13-19-23(35-20(13)22-29-21(30-34-22)15-4-8-17(26)9-5-15)28-12-31(24(19)33)11-18(32)27-10-14-2-6-16(25)7-3-14/h2-9,12H,10-11H2,1H3,(H,27,32). The van der Waals surface area contributed by atoms with Gasteiger partial charge in [0.1, 0.15) is 23.0 Å². The van der Waals surface area contributed by atoms with Gasteiger partial charge in [0.05, 0.1) is 16.6 Å². The van der Waals surface area contributed by atoms with Crippen molar-refractivity contribution in [3.8, 4) is 22.2 Å². The van der Waals surface area contributed by atoms with Crippen LogP contribution < -0.4 is 10.9 Å². The summed E-state index contributed by atoms with van der Waals surface area (Å²) < 4.78 is 32.8. The number of nitrogens with zero attached hydrogens (tertiary/aromatic N) is 4. The molecule has 0 spiro atoms. The van der Waals surface area contributed by atoms with Crippen LogP contribution in [0, 0.1) is 18.6 Å². The van der Waals surface area contributed by atoms with Crippen LogP contribution in [0.3, 0.4) is 0 Å². The first-order valence-electron chi connectivity index (χ1n) is 10.5. The van der Waals surface area contributed by atoms with Gasteiger partial charge in [-0.1, -0.05) is 17.3 Å². The maximum atomic E-state index is 13.2. The molecule has 2 aromatic carbocycles. The molecule has 0 aliphatic carbocycles. The fourth-order valence-electron chi connectivity index (χ4n) is 3.52. The van der Waals surface area contributed by atoms with Crippen LogP contribution in [0.4, 0.5) is 8.78 Å². The van der Waals surface area contributed by atoms with E-state index < -0.39 is 0 Å². The number of halogens is 2. The minimum absolute atomic E-state index is 0.207. The molecular weight excluding hydrogens is 476 g/mol. The number of fused-ring (bicyclic) bond motifs is 1. The van der Waals surface area contributed by atoms with Crippen molar-refractivity contribution >= 4 is 27.5 Å². The fourth-order valence-corrected chi connectivity index (χ4v) is 4.58. The molecule has 0 saturated heterocycles. The minimum atomic E-state index is -0.383. The van der Waals surface area contributed by atoms with Crippen LogP contribution in [0.2, 0.25) is 0 Å². The summed E-state index contributed by atoms with van der Waals surface area (Å²) in [5, 5.41) is 7.02. The molecule has 1 N–H and O–H groups in total. The Bertz CT molecular complexity index is 1590. The SMILES string of the molecule is Cc1c(-c2nc(-c3ccc(F)cc3)no2)sc2ncn(CC(=O)NCc3ccc(F)cc3)c(=O)c12. The number of thiophene rings is 1. The molecule has 0 atom stereocenters. The lowest BCUT2D eigenvalue weighted by Crippen LogP contribution is -2.32. The molecule has 11 heteroatoms. The number of benzene rings is 2. The Kier molecular flexibility index (Phi) is 5.91. The van der Waals surface area contributed by atoms with Gasteiger partial charge in [-0.15, -0.1) is 11.3 Å². The highest BCUT2D eigenvalue weighted by atomic mass is 32.1. The second kappa shape index (κ2) is 9.18. The Morgan fingerprint density at radius 1 is 1.09 bits per heavy atom. The topological polar surface area (TPSA) is 103 Å². The lowest BCUT2D eigenvalue weighted by Gasteiger charge is -2.07. The maximum absolute atomic E-state index is 13.2. The lowest BCUT2D eigenvalue weighted by molar-refractivity contribution is -0.121. The van der Waals surface area contributed by atoms with Crippen molar-refractivity contribution < 1.29 is 18.1 Å². The second-order valence-corrected chi connectivity index (χ2v) is 8.75. The van der Waals surface area contributed by atoms with Gasteiger partial charge in [-0.05, 0) is 54.4 Å². The van der Waals surface area contributed by atoms with Crippen molar-refractivity contribution in [2.45, 2.75) is 20.0 Å². The number of nitrogens with one attached hydrogen (secondary N) is 1. The van der Waals surface area contributed by atoms with Crippen LogP contribution >= 0.6 is 11.3 Å². The van der Waals surface area contributed by atoms with Gasteiger partial charge in [0.25, 0.3) is 11.4 Å². The number of aromatic nitrogens is 4. The summed E-state index contributed by atoms with van der Waals surface area (Å²) in [4.78, 5) is 35.3. The van der Waals surface area contributed by atoms with Crippen LogP contribution in [0.25, 0.3) is 32.4 Å². The van der Waals surface area contributed by atoms with Crippen molar-refractivity contribution in [1.29, 1.82) is 0 Å². The average Bonchev–Trinajstić information content (AvgIpc) is 3.46. The van der Waals surface area contributed by atoms with E-state index in [0.717, 1.165) is 5.56 Å². The molecule has 0 bridgehead atoms. The summed E-state index contributed by atoms with van der Waals surface area (Å²) in [7, 11) is 0. The molecule has 0 aliphatic heterocycles. The molecule has 0 unspecified atom stereocenters. The van der Waals surface area contributed by atoms with Gasteiger partial charge in [0.15, 0.2) is 0 Å². The highest BCUT2D eigenvalue weighted by Crippen LogP contribution is 2.35. The predicted molar refractivity (Wildman–Crippen MR) is 126 cm³/mol. The molecule has 0 radical (unpaired) electrons. The average molecular weight is 493 g/mol. The van der Waals surface area contributed by atoms with Crippen LogP contribution in [-0.4, -0.2) is 25.6 Å². The van der Waals surface area contributed by atoms with E-state index in [9.17, 15) is 18.4 Å². The molecule has 5 aromatic rings. The van der Waals surface area contributed by atoms with E-state index >= 15 is 0 Å². The van der Waals surface area contributed by atoms with Crippen molar-refractivity contribution in [3.05, 3.63) is 88.0 Å². The van der Waals surface area contributed by atoms with Crippen molar-refractivity contribution in [1.82, 2.24) is 25.0 Å². The van der Waals surface area contributed by atoms with E-state index in [0.29, 0.717) is 32.0 Å². The summed E-state index contributed by atoms with van der Waals surface area (Å²) in [5.74, 6) is -0.604. The lowest BCUT2D eigenvalue weighted by atomic mass is 10.2. The first kappa shape index (κ1) is 22.5. The zero-order valence-electron chi connectivity index (χ0n) is 18.3.